The van der Waals surface area contributed by atoms with E-state index in [1.165, 1.54) is 11.1 Å². The Morgan fingerprint density at radius 3 is 2.75 bits per heavy atom. The molecule has 0 aliphatic heterocycles. The van der Waals surface area contributed by atoms with E-state index >= 15 is 0 Å². The van der Waals surface area contributed by atoms with Gasteiger partial charge in [-0.3, -0.25) is 4.79 Å². The summed E-state index contributed by atoms with van der Waals surface area (Å²) in [6.07, 6.45) is 7.88. The number of allylic oxidation sites excluding steroid dienone is 4. The lowest BCUT2D eigenvalue weighted by molar-refractivity contribution is -0.772. The van der Waals surface area contributed by atoms with Crippen LogP contribution in [-0.2, 0) is 9.63 Å². The maximum absolute atomic E-state index is 12.5. The maximum atomic E-state index is 12.5. The van der Waals surface area contributed by atoms with Gasteiger partial charge in [0.15, 0.2) is 5.78 Å². The van der Waals surface area contributed by atoms with Gasteiger partial charge in [0.2, 0.25) is 0 Å². The van der Waals surface area contributed by atoms with Crippen LogP contribution in [0.5, 0.6) is 0 Å². The molecule has 0 aromatic carbocycles. The maximum Gasteiger partial charge on any atom is 0.294 e. The lowest BCUT2D eigenvalue weighted by Crippen LogP contribution is -2.49. The fourth-order valence-corrected chi connectivity index (χ4v) is 6.91. The van der Waals surface area contributed by atoms with Crippen molar-refractivity contribution in [2.24, 2.45) is 34.5 Å². The fraction of sp³-hybridized carbons (Fsp3) is 0.682. The van der Waals surface area contributed by atoms with Crippen LogP contribution in [0, 0.1) is 55.9 Å². The minimum absolute atomic E-state index is 0.0625. The van der Waals surface area contributed by atoms with Crippen molar-refractivity contribution in [3.8, 4) is 11.3 Å². The molecule has 7 atom stereocenters. The van der Waals surface area contributed by atoms with Crippen molar-refractivity contribution in [1.29, 1.82) is 0 Å². The van der Waals surface area contributed by atoms with Gasteiger partial charge >= 0.3 is 0 Å². The molecule has 150 valence electrons. The highest BCUT2D eigenvalue weighted by atomic mass is 35.5. The summed E-state index contributed by atoms with van der Waals surface area (Å²) in [5.41, 5.74) is 2.21. The molecule has 28 heavy (non-hydrogen) atoms. The van der Waals surface area contributed by atoms with Gasteiger partial charge in [-0.05, 0) is 67.5 Å². The number of hydrogen-bond acceptors (Lipinski definition) is 4. The number of fused-ring (bicyclic) bond motifs is 5. The van der Waals surface area contributed by atoms with Crippen molar-refractivity contribution in [1.82, 2.24) is 0 Å². The third kappa shape index (κ3) is 2.72. The monoisotopic (exact) mass is 403 g/mol. The van der Waals surface area contributed by atoms with E-state index in [9.17, 15) is 14.9 Å². The molecule has 0 saturated heterocycles. The number of rotatable bonds is 2. The van der Waals surface area contributed by atoms with Gasteiger partial charge in [0.05, 0.1) is 5.92 Å². The molecule has 6 heteroatoms. The molecular formula is C22H26ClNO4. The second-order valence-electron chi connectivity index (χ2n) is 9.44. The Kier molecular flexibility index (Phi) is 4.62. The Morgan fingerprint density at radius 2 is 2.07 bits per heavy atom. The van der Waals surface area contributed by atoms with Crippen LogP contribution in [0.1, 0.15) is 52.9 Å². The van der Waals surface area contributed by atoms with Gasteiger partial charge in [-0.15, -0.1) is 10.1 Å². The lowest BCUT2D eigenvalue weighted by Gasteiger charge is -2.55. The zero-order valence-corrected chi connectivity index (χ0v) is 17.3. The Hall–Kier alpha value is -1.80. The van der Waals surface area contributed by atoms with Crippen LogP contribution in [0.25, 0.3) is 0 Å². The molecule has 0 spiro atoms. The normalized spacial score (nSPS) is 44.1. The van der Waals surface area contributed by atoms with E-state index in [-0.39, 0.29) is 28.6 Å². The highest BCUT2D eigenvalue weighted by Gasteiger charge is 2.58. The number of nitrogens with zero attached hydrogens (tertiary/aromatic N) is 1. The van der Waals surface area contributed by atoms with E-state index < -0.39 is 5.09 Å². The molecule has 2 saturated carbocycles. The Labute approximate surface area is 170 Å². The van der Waals surface area contributed by atoms with E-state index in [1.807, 2.05) is 6.08 Å². The van der Waals surface area contributed by atoms with Crippen molar-refractivity contribution >= 4 is 17.4 Å². The third-order valence-electron chi connectivity index (χ3n) is 8.08. The molecule has 4 aliphatic carbocycles. The molecule has 1 unspecified atom stereocenters. The minimum atomic E-state index is -0.634. The largest absolute Gasteiger partial charge is 0.310 e. The molecule has 0 bridgehead atoms. The average Bonchev–Trinajstić information content (AvgIpc) is 2.94. The summed E-state index contributed by atoms with van der Waals surface area (Å²) in [5.74, 6) is 3.63. The predicted octanol–water partition coefficient (Wildman–Crippen LogP) is 4.69. The third-order valence-corrected chi connectivity index (χ3v) is 8.19. The van der Waals surface area contributed by atoms with Crippen LogP contribution in [0.3, 0.4) is 0 Å². The van der Waals surface area contributed by atoms with Crippen molar-refractivity contribution in [3.63, 3.8) is 0 Å². The van der Waals surface area contributed by atoms with Crippen LogP contribution in [0.15, 0.2) is 23.3 Å². The Morgan fingerprint density at radius 1 is 1.32 bits per heavy atom. The van der Waals surface area contributed by atoms with Gasteiger partial charge in [-0.2, -0.15) is 0 Å². The summed E-state index contributed by atoms with van der Waals surface area (Å²) < 4.78 is 0. The van der Waals surface area contributed by atoms with Crippen molar-refractivity contribution in [3.05, 3.63) is 33.4 Å². The first-order chi connectivity index (χ1) is 13.2. The summed E-state index contributed by atoms with van der Waals surface area (Å²) in [4.78, 5) is 28.6. The number of hydrogen-bond donors (Lipinski definition) is 0. The molecule has 0 heterocycles. The molecule has 0 aromatic rings. The van der Waals surface area contributed by atoms with Crippen molar-refractivity contribution < 1.29 is 14.7 Å². The highest BCUT2D eigenvalue weighted by molar-refractivity contribution is 6.30. The van der Waals surface area contributed by atoms with Crippen LogP contribution in [-0.4, -0.2) is 17.0 Å². The van der Waals surface area contributed by atoms with Gasteiger partial charge in [0, 0.05) is 16.2 Å². The van der Waals surface area contributed by atoms with E-state index in [1.54, 1.807) is 0 Å². The molecule has 0 amide bonds. The first-order valence-electron chi connectivity index (χ1n) is 10.1. The molecule has 4 aliphatic rings. The van der Waals surface area contributed by atoms with E-state index in [2.05, 4.69) is 38.1 Å². The second-order valence-corrected chi connectivity index (χ2v) is 9.63. The van der Waals surface area contributed by atoms with Gasteiger partial charge in [-0.25, -0.2) is 0 Å². The summed E-state index contributed by atoms with van der Waals surface area (Å²) >= 11 is 5.62. The summed E-state index contributed by atoms with van der Waals surface area (Å²) in [6, 6.07) is 0. The predicted molar refractivity (Wildman–Crippen MR) is 106 cm³/mol. The topological polar surface area (TPSA) is 69.4 Å². The molecule has 0 radical (unpaired) electrons. The molecule has 2 fully saturated rings. The summed E-state index contributed by atoms with van der Waals surface area (Å²) in [6.45, 7) is 6.59. The zero-order chi connectivity index (χ0) is 20.3. The summed E-state index contributed by atoms with van der Waals surface area (Å²) in [5, 5.41) is 12.7. The quantitative estimate of drug-likeness (QED) is 0.290. The van der Waals surface area contributed by atoms with E-state index in [0.717, 1.165) is 25.7 Å². The van der Waals surface area contributed by atoms with Gasteiger partial charge in [-0.1, -0.05) is 43.9 Å². The van der Waals surface area contributed by atoms with Crippen LogP contribution < -0.4 is 0 Å². The molecule has 0 N–H and O–H groups in total. The number of carbonyl (C=O) groups excluding carboxylic acids is 1. The average molecular weight is 404 g/mol. The highest BCUT2D eigenvalue weighted by Crippen LogP contribution is 2.64. The van der Waals surface area contributed by atoms with E-state index in [0.29, 0.717) is 24.2 Å². The van der Waals surface area contributed by atoms with Crippen LogP contribution in [0.4, 0.5) is 0 Å². The van der Waals surface area contributed by atoms with Crippen LogP contribution >= 0.6 is 11.6 Å². The Bertz CT molecular complexity index is 852. The van der Waals surface area contributed by atoms with Gasteiger partial charge < -0.3 is 4.84 Å². The van der Waals surface area contributed by atoms with Crippen molar-refractivity contribution in [2.45, 2.75) is 59.0 Å². The number of carbonyl (C=O) groups is 1. The molecular weight excluding hydrogens is 378 g/mol. The lowest BCUT2D eigenvalue weighted by atomic mass is 9.49. The first-order valence-corrected chi connectivity index (χ1v) is 10.5. The summed E-state index contributed by atoms with van der Waals surface area (Å²) in [7, 11) is 0. The Balaban J connectivity index is 1.74. The first kappa shape index (κ1) is 19.5. The standard InChI is InChI=1S/C22H26ClNO4/c1-13-10-15-16-4-5-20(28-24(26)27)21(16,2)8-6-17(15)22(3)12-14(7-9-23)19(25)11-18(13)22/h6,11,13-16,20H,4-5,8,10,12H2,1-3H3/t13-,14?,15-,16-,20+,21-,22+/m0/s1. The van der Waals surface area contributed by atoms with E-state index in [4.69, 9.17) is 16.4 Å². The minimum Gasteiger partial charge on any atom is -0.310 e. The molecule has 5 nitrogen and oxygen atoms in total. The fourth-order valence-electron chi connectivity index (χ4n) is 6.78. The van der Waals surface area contributed by atoms with Crippen molar-refractivity contribution in [2.75, 3.05) is 0 Å². The molecule has 0 aromatic heterocycles. The SMILES string of the molecule is C[C@H]1C[C@@H]2C(=CC[C@]3(C)[C@H](O[N+](=O)[O-])CC[C@@H]23)[C@@]2(C)CC(C#CCl)C(=O)C=C12. The van der Waals surface area contributed by atoms with Gasteiger partial charge in [0.1, 0.15) is 6.10 Å². The molecule has 4 rings (SSSR count). The second kappa shape index (κ2) is 6.62. The van der Waals surface area contributed by atoms with Gasteiger partial charge in [0.25, 0.3) is 5.09 Å². The smallest absolute Gasteiger partial charge is 0.294 e. The number of halogens is 1. The zero-order valence-electron chi connectivity index (χ0n) is 16.5. The number of ketones is 1. The van der Waals surface area contributed by atoms with Crippen LogP contribution in [0.2, 0.25) is 0 Å².